The van der Waals surface area contributed by atoms with Crippen LogP contribution in [0, 0.1) is 0 Å². The smallest absolute Gasteiger partial charge is 0.108 e. The van der Waals surface area contributed by atoms with E-state index in [1.807, 2.05) is 18.2 Å². The zero-order valence-corrected chi connectivity index (χ0v) is 21.9. The minimum absolute atomic E-state index is 0.615. The third-order valence-corrected chi connectivity index (χ3v) is 7.76. The predicted molar refractivity (Wildman–Crippen MR) is 153 cm³/mol. The maximum Gasteiger partial charge on any atom is 0.108 e. The zero-order chi connectivity index (χ0) is 24.0. The molecule has 2 aromatic rings. The van der Waals surface area contributed by atoms with E-state index in [0.717, 1.165) is 17.5 Å². The monoisotopic (exact) mass is 484 g/mol. The molecule has 0 aliphatic heterocycles. The summed E-state index contributed by atoms with van der Waals surface area (Å²) < 4.78 is 9.61. The van der Waals surface area contributed by atoms with Crippen molar-refractivity contribution in [1.82, 2.24) is 8.75 Å². The molecule has 4 rings (SSSR count). The highest BCUT2D eigenvalue weighted by Gasteiger charge is 2.19. The van der Waals surface area contributed by atoms with Crippen molar-refractivity contribution in [2.45, 2.75) is 89.4 Å². The van der Waals surface area contributed by atoms with Gasteiger partial charge in [0.2, 0.25) is 0 Å². The van der Waals surface area contributed by atoms with Gasteiger partial charge < -0.3 is 0 Å². The zero-order valence-electron chi connectivity index (χ0n) is 21.1. The summed E-state index contributed by atoms with van der Waals surface area (Å²) in [7, 11) is 0. The Morgan fingerprint density at radius 1 is 0.600 bits per heavy atom. The molecule has 1 saturated carbocycles. The Balaban J connectivity index is 1.54. The number of benzene rings is 1. The van der Waals surface area contributed by atoms with Crippen LogP contribution in [0.1, 0.15) is 94.1 Å². The Kier molecular flexibility index (Phi) is 10.8. The third-order valence-electron chi connectivity index (χ3n) is 7.23. The number of allylic oxidation sites excluding steroid dienone is 12. The van der Waals surface area contributed by atoms with E-state index in [9.17, 15) is 0 Å². The average molecular weight is 485 g/mol. The highest BCUT2D eigenvalue weighted by Crippen LogP contribution is 2.35. The van der Waals surface area contributed by atoms with Crippen molar-refractivity contribution in [2.75, 3.05) is 0 Å². The van der Waals surface area contributed by atoms with Crippen molar-refractivity contribution in [3.63, 3.8) is 0 Å². The van der Waals surface area contributed by atoms with Crippen LogP contribution < -0.4 is 0 Å². The first-order chi connectivity index (χ1) is 17.4. The molecular formula is C32H40N2S. The van der Waals surface area contributed by atoms with E-state index < -0.39 is 0 Å². The van der Waals surface area contributed by atoms with Crippen molar-refractivity contribution >= 4 is 22.8 Å². The molecule has 0 unspecified atom stereocenters. The van der Waals surface area contributed by atoms with Crippen molar-refractivity contribution < 1.29 is 0 Å². The maximum absolute atomic E-state index is 4.83. The summed E-state index contributed by atoms with van der Waals surface area (Å²) in [5.74, 6) is 0.615. The molecule has 2 nitrogen and oxygen atoms in total. The lowest BCUT2D eigenvalue weighted by molar-refractivity contribution is 0.502. The van der Waals surface area contributed by atoms with Gasteiger partial charge in [0.25, 0.3) is 0 Å². The van der Waals surface area contributed by atoms with Crippen LogP contribution in [0.3, 0.4) is 0 Å². The summed E-state index contributed by atoms with van der Waals surface area (Å²) in [5, 5.41) is 0. The van der Waals surface area contributed by atoms with Gasteiger partial charge in [-0.25, -0.2) is 0 Å². The molecule has 184 valence electrons. The van der Waals surface area contributed by atoms with Gasteiger partial charge in [-0.1, -0.05) is 143 Å². The van der Waals surface area contributed by atoms with Crippen LogP contribution in [0.25, 0.3) is 11.0 Å². The van der Waals surface area contributed by atoms with Gasteiger partial charge in [-0.3, -0.25) is 0 Å². The molecule has 0 amide bonds. The van der Waals surface area contributed by atoms with E-state index in [0.29, 0.717) is 5.92 Å². The van der Waals surface area contributed by atoms with E-state index in [1.165, 1.54) is 105 Å². The van der Waals surface area contributed by atoms with Crippen LogP contribution >= 0.6 is 11.7 Å². The number of fused-ring (bicyclic) bond motifs is 1. The Hall–Kier alpha value is -2.52. The summed E-state index contributed by atoms with van der Waals surface area (Å²) in [4.78, 5) is 0. The van der Waals surface area contributed by atoms with Gasteiger partial charge in [0.05, 0.1) is 11.7 Å². The molecule has 0 saturated heterocycles. The van der Waals surface area contributed by atoms with Gasteiger partial charge in [-0.05, 0) is 41.9 Å². The molecule has 0 bridgehead atoms. The van der Waals surface area contributed by atoms with Crippen LogP contribution in [0.2, 0.25) is 0 Å². The number of aromatic nitrogens is 2. The molecule has 1 fully saturated rings. The fourth-order valence-corrected chi connectivity index (χ4v) is 5.86. The molecule has 3 heteroatoms. The summed E-state index contributed by atoms with van der Waals surface area (Å²) in [6.07, 6.45) is 40.4. The van der Waals surface area contributed by atoms with Gasteiger partial charge in [0.15, 0.2) is 0 Å². The molecule has 35 heavy (non-hydrogen) atoms. The highest BCUT2D eigenvalue weighted by atomic mass is 32.1. The van der Waals surface area contributed by atoms with Crippen LogP contribution in [0.15, 0.2) is 84.5 Å². The first-order valence-corrected chi connectivity index (χ1v) is 14.4. The second-order valence-electron chi connectivity index (χ2n) is 9.90. The molecule has 0 radical (unpaired) electrons. The minimum Gasteiger partial charge on any atom is -0.173 e. The van der Waals surface area contributed by atoms with E-state index in [-0.39, 0.29) is 0 Å². The first kappa shape index (κ1) is 25.6. The normalized spacial score (nSPS) is 23.6. The van der Waals surface area contributed by atoms with Gasteiger partial charge in [0, 0.05) is 0 Å². The van der Waals surface area contributed by atoms with Crippen molar-refractivity contribution in [3.8, 4) is 0 Å². The van der Waals surface area contributed by atoms with E-state index in [4.69, 9.17) is 8.75 Å². The average Bonchev–Trinajstić information content (AvgIpc) is 3.36. The summed E-state index contributed by atoms with van der Waals surface area (Å²) in [6, 6.07) is 4.71. The van der Waals surface area contributed by atoms with Crippen LogP contribution in [0.4, 0.5) is 0 Å². The predicted octanol–water partition coefficient (Wildman–Crippen LogP) is 9.73. The lowest BCUT2D eigenvalue weighted by atomic mass is 9.86. The van der Waals surface area contributed by atoms with Crippen LogP contribution in [-0.4, -0.2) is 8.75 Å². The number of hydrogen-bond acceptors (Lipinski definition) is 3. The van der Waals surface area contributed by atoms with Crippen LogP contribution in [-0.2, 0) is 6.42 Å². The van der Waals surface area contributed by atoms with Crippen molar-refractivity contribution in [2.24, 2.45) is 0 Å². The second kappa shape index (κ2) is 14.8. The molecular weight excluding hydrogens is 444 g/mol. The SMILES string of the molecule is C1=C\C=C/C=C(Cc2ccc(C3CCCCCCCCCCCC3)c3nsnc23)\C=C/C=C/C=C1. The van der Waals surface area contributed by atoms with Gasteiger partial charge in [-0.15, -0.1) is 0 Å². The number of rotatable bonds is 3. The molecule has 0 spiro atoms. The van der Waals surface area contributed by atoms with Gasteiger partial charge in [0.1, 0.15) is 11.0 Å². The second-order valence-corrected chi connectivity index (χ2v) is 10.4. The van der Waals surface area contributed by atoms with E-state index in [1.54, 1.807) is 0 Å². The molecule has 1 aromatic heterocycles. The molecule has 0 atom stereocenters. The summed E-state index contributed by atoms with van der Waals surface area (Å²) in [5.41, 5.74) is 6.25. The topological polar surface area (TPSA) is 25.8 Å². The summed E-state index contributed by atoms with van der Waals surface area (Å²) >= 11 is 1.37. The Bertz CT molecular complexity index is 1080. The molecule has 2 aliphatic rings. The van der Waals surface area contributed by atoms with Gasteiger partial charge in [-0.2, -0.15) is 8.75 Å². The Morgan fingerprint density at radius 2 is 1.14 bits per heavy atom. The highest BCUT2D eigenvalue weighted by molar-refractivity contribution is 7.00. The largest absolute Gasteiger partial charge is 0.173 e. The van der Waals surface area contributed by atoms with Crippen LogP contribution in [0.5, 0.6) is 0 Å². The standard InChI is InChI=1S/C32H40N2S/c1-2-7-11-15-19-23-28(22-18-14-10-6-1)30-25-24-29(31-32(30)34-35-33-31)26-27-20-16-12-8-4-3-5-9-13-17-21-27/h3-5,8-9,12-13,16-17,20-21,24-25,28H,1-2,6-7,10-11,14-15,18-19,22-23,26H2/b4-3?,5-3?,8-4?,9-5?,12-8+,13-9?,16-12?,17-13-,20-16-,21-17?,27-20?,27-21+. The van der Waals surface area contributed by atoms with E-state index >= 15 is 0 Å². The Labute approximate surface area is 216 Å². The molecule has 1 heterocycles. The van der Waals surface area contributed by atoms with Gasteiger partial charge >= 0.3 is 0 Å². The van der Waals surface area contributed by atoms with Crippen molar-refractivity contribution in [1.29, 1.82) is 0 Å². The lowest BCUT2D eigenvalue weighted by Gasteiger charge is -2.18. The molecule has 1 aromatic carbocycles. The number of nitrogens with zero attached hydrogens (tertiary/aromatic N) is 2. The lowest BCUT2D eigenvalue weighted by Crippen LogP contribution is -2.02. The van der Waals surface area contributed by atoms with E-state index in [2.05, 4.69) is 60.7 Å². The third kappa shape index (κ3) is 8.28. The fraction of sp³-hybridized carbons (Fsp3) is 0.438. The first-order valence-electron chi connectivity index (χ1n) is 13.7. The minimum atomic E-state index is 0.615. The quantitative estimate of drug-likeness (QED) is 0.433. The fourth-order valence-electron chi connectivity index (χ4n) is 5.26. The summed E-state index contributed by atoms with van der Waals surface area (Å²) in [6.45, 7) is 0. The molecule has 0 N–H and O–H groups in total. The number of hydrogen-bond donors (Lipinski definition) is 0. The Morgan fingerprint density at radius 3 is 1.80 bits per heavy atom. The van der Waals surface area contributed by atoms with Crippen molar-refractivity contribution in [3.05, 3.63) is 95.7 Å². The molecule has 2 aliphatic carbocycles. The maximum atomic E-state index is 4.83.